The van der Waals surface area contributed by atoms with E-state index in [0.717, 1.165) is 75.7 Å². The van der Waals surface area contributed by atoms with E-state index in [1.54, 1.807) is 24.5 Å². The summed E-state index contributed by atoms with van der Waals surface area (Å²) in [5.74, 6) is 3.14. The summed E-state index contributed by atoms with van der Waals surface area (Å²) in [5.41, 5.74) is 13.7. The highest BCUT2D eigenvalue weighted by molar-refractivity contribution is 14.0. The van der Waals surface area contributed by atoms with E-state index in [2.05, 4.69) is 114 Å². The predicted octanol–water partition coefficient (Wildman–Crippen LogP) is 9.09. The third-order valence-corrected chi connectivity index (χ3v) is 12.4. The maximum Gasteiger partial charge on any atom is 0.134 e. The van der Waals surface area contributed by atoms with Gasteiger partial charge in [-0.1, -0.05) is 111 Å². The number of aliphatic hydroxyl groups excluding tert-OH is 2. The fourth-order valence-corrected chi connectivity index (χ4v) is 8.97. The number of halogens is 3. The lowest BCUT2D eigenvalue weighted by Crippen LogP contribution is -2.47. The molecule has 14 heteroatoms. The number of aliphatic hydroxyl groups is 2. The van der Waals surface area contributed by atoms with Crippen LogP contribution in [-0.4, -0.2) is 119 Å². The molecule has 354 valence electrons. The molecule has 3 unspecified atom stereocenters. The third-order valence-electron chi connectivity index (χ3n) is 11.8. The molecule has 3 aliphatic rings. The minimum atomic E-state index is -0.0420. The molecule has 0 aliphatic carbocycles. The number of hydrogen-bond acceptors (Lipinski definition) is 11. The van der Waals surface area contributed by atoms with E-state index in [1.165, 1.54) is 28.1 Å². The van der Waals surface area contributed by atoms with Crippen molar-refractivity contribution in [2.75, 3.05) is 94.9 Å². The molecule has 6 aromatic rings. The van der Waals surface area contributed by atoms with Gasteiger partial charge in [0.15, 0.2) is 0 Å². The van der Waals surface area contributed by atoms with Crippen LogP contribution in [0.15, 0.2) is 140 Å². The molecule has 3 aromatic heterocycles. The van der Waals surface area contributed by atoms with Gasteiger partial charge in [0.1, 0.15) is 17.5 Å². The van der Waals surface area contributed by atoms with Gasteiger partial charge in [0, 0.05) is 94.4 Å². The van der Waals surface area contributed by atoms with E-state index in [1.807, 2.05) is 61.8 Å². The van der Waals surface area contributed by atoms with Crippen molar-refractivity contribution in [3.63, 3.8) is 0 Å². The van der Waals surface area contributed by atoms with Crippen LogP contribution in [0.25, 0.3) is 0 Å². The van der Waals surface area contributed by atoms with E-state index in [0.29, 0.717) is 23.3 Å². The fourth-order valence-electron chi connectivity index (χ4n) is 8.30. The number of anilines is 3. The molecule has 6 heterocycles. The van der Waals surface area contributed by atoms with Gasteiger partial charge < -0.3 is 40.4 Å². The third kappa shape index (κ3) is 15.1. The monoisotopic (exact) mass is 1050 g/mol. The Kier molecular flexibility index (Phi) is 23.1. The second-order valence-electron chi connectivity index (χ2n) is 16.4. The quantitative estimate of drug-likeness (QED) is 0.0951. The first kappa shape index (κ1) is 54.2. The molecule has 3 aliphatic heterocycles. The highest BCUT2D eigenvalue weighted by Gasteiger charge is 2.33. The Morgan fingerprint density at radius 3 is 1.82 bits per heavy atom. The Morgan fingerprint density at radius 2 is 1.20 bits per heavy atom. The number of hydrogen-bond donors (Lipinski definition) is 3. The zero-order chi connectivity index (χ0) is 45.3. The first-order valence-electron chi connectivity index (χ1n) is 22.0. The fraction of sp³-hybridized carbons (Fsp3) is 0.365. The number of benzene rings is 3. The molecule has 9 rings (SSSR count). The van der Waals surface area contributed by atoms with Gasteiger partial charge in [-0.25, -0.2) is 15.0 Å². The number of pyridine rings is 3. The SMILES string of the molecule is C.CN(CCCl)CC(Cl)c1ccccc1.CN1CCN(c2ncccc2CO)C(c2ccccc2)C1.CN1CCN2c3ncccc3Cc3ccccc3C2C1.I.Nc1ncccc1CO. The van der Waals surface area contributed by atoms with Crippen LogP contribution in [0.4, 0.5) is 17.5 Å². The molecule has 3 atom stereocenters. The van der Waals surface area contributed by atoms with Crippen LogP contribution >= 0.6 is 47.2 Å². The van der Waals surface area contributed by atoms with Crippen molar-refractivity contribution in [2.45, 2.75) is 44.5 Å². The average Bonchev–Trinajstić information content (AvgIpc) is 3.47. The van der Waals surface area contributed by atoms with Crippen LogP contribution < -0.4 is 15.5 Å². The van der Waals surface area contributed by atoms with Gasteiger partial charge in [0.2, 0.25) is 0 Å². The van der Waals surface area contributed by atoms with Crippen molar-refractivity contribution in [3.8, 4) is 0 Å². The number of fused-ring (bicyclic) bond motifs is 5. The number of nitrogen functional groups attached to an aromatic ring is 1. The minimum absolute atomic E-state index is 0. The molecule has 0 spiro atoms. The number of nitrogens with zero attached hydrogens (tertiary/aromatic N) is 8. The number of nitrogens with two attached hydrogens (primary N) is 1. The molecule has 2 saturated heterocycles. The molecular weight excluding hydrogens is 980 g/mol. The summed E-state index contributed by atoms with van der Waals surface area (Å²) in [4.78, 5) is 24.7. The Hall–Kier alpha value is -4.38. The molecule has 4 N–H and O–H groups in total. The minimum Gasteiger partial charge on any atom is -0.392 e. The molecule has 0 amide bonds. The smallest absolute Gasteiger partial charge is 0.134 e. The summed E-state index contributed by atoms with van der Waals surface area (Å²) in [6.45, 7) is 7.81. The topological polar surface area (TPSA) is 121 Å². The Morgan fingerprint density at radius 1 is 0.667 bits per heavy atom. The number of likely N-dealkylation sites (N-methyl/N-ethyl adjacent to an activating group) is 3. The number of piperazine rings is 2. The van der Waals surface area contributed by atoms with Crippen LogP contribution in [0.2, 0.25) is 0 Å². The highest BCUT2D eigenvalue weighted by Crippen LogP contribution is 2.38. The normalized spacial score (nSPS) is 16.9. The summed E-state index contributed by atoms with van der Waals surface area (Å²) in [7, 11) is 6.39. The highest BCUT2D eigenvalue weighted by atomic mass is 127. The summed E-state index contributed by atoms with van der Waals surface area (Å²) >= 11 is 11.9. The van der Waals surface area contributed by atoms with Gasteiger partial charge >= 0.3 is 0 Å². The first-order valence-corrected chi connectivity index (χ1v) is 22.9. The zero-order valence-corrected chi connectivity index (χ0v) is 41.6. The number of rotatable bonds is 9. The van der Waals surface area contributed by atoms with Crippen molar-refractivity contribution in [3.05, 3.63) is 179 Å². The largest absolute Gasteiger partial charge is 0.392 e. The zero-order valence-electron chi connectivity index (χ0n) is 37.7. The van der Waals surface area contributed by atoms with Crippen LogP contribution in [0.5, 0.6) is 0 Å². The standard InChI is InChI=1S/C17H21N3O.C17H19N3.C11H15Cl2N.C6H8N2O.CH4.HI/c1-19-10-11-20(17-15(13-21)8-5-9-18-17)16(12-19)14-6-3-2-4-7-14;1-19-9-10-20-16(12-19)15-7-3-2-5-13(15)11-14-6-4-8-18-17(14)20;1-14(8-7-12)9-11(13)10-5-3-2-4-6-10;7-6-5(4-9)2-1-3-8-6;;/h2-9,16,21H,10-13H2,1H3;2-8,16H,9-12H2,1H3;2-6,11H,7-9H2,1H3;1-3,9H,4H2,(H2,7,8);1H4;1H. The van der Waals surface area contributed by atoms with Gasteiger partial charge in [-0.15, -0.1) is 47.2 Å². The molecule has 3 aromatic carbocycles. The van der Waals surface area contributed by atoms with Crippen LogP contribution in [-0.2, 0) is 19.6 Å². The molecular formula is C52H68Cl2IN9O2. The average molecular weight is 1050 g/mol. The van der Waals surface area contributed by atoms with Gasteiger partial charge in [-0.05, 0) is 67.2 Å². The van der Waals surface area contributed by atoms with E-state index < -0.39 is 0 Å². The second-order valence-corrected chi connectivity index (χ2v) is 17.3. The summed E-state index contributed by atoms with van der Waals surface area (Å²) < 4.78 is 0. The first-order chi connectivity index (χ1) is 31.2. The van der Waals surface area contributed by atoms with Crippen molar-refractivity contribution >= 4 is 64.6 Å². The maximum atomic E-state index is 9.58. The number of alkyl halides is 2. The van der Waals surface area contributed by atoms with Crippen LogP contribution in [0, 0.1) is 0 Å². The van der Waals surface area contributed by atoms with Gasteiger partial charge in [0.05, 0.1) is 30.7 Å². The molecule has 66 heavy (non-hydrogen) atoms. The van der Waals surface area contributed by atoms with E-state index in [9.17, 15) is 5.11 Å². The number of aromatic nitrogens is 3. The predicted molar refractivity (Wildman–Crippen MR) is 285 cm³/mol. The molecule has 0 saturated carbocycles. The summed E-state index contributed by atoms with van der Waals surface area (Å²) in [6.07, 6.45) is 6.31. The van der Waals surface area contributed by atoms with E-state index in [-0.39, 0.29) is 56.0 Å². The van der Waals surface area contributed by atoms with Gasteiger partial charge in [-0.2, -0.15) is 0 Å². The molecule has 0 bridgehead atoms. The second kappa shape index (κ2) is 28.1. The van der Waals surface area contributed by atoms with Crippen molar-refractivity contribution in [2.24, 2.45) is 0 Å². The van der Waals surface area contributed by atoms with E-state index >= 15 is 0 Å². The van der Waals surface area contributed by atoms with Crippen molar-refractivity contribution in [1.82, 2.24) is 29.7 Å². The molecule has 0 radical (unpaired) electrons. The van der Waals surface area contributed by atoms with Crippen LogP contribution in [0.3, 0.4) is 0 Å². The lowest BCUT2D eigenvalue weighted by Gasteiger charge is -2.41. The molecule has 2 fully saturated rings. The lowest BCUT2D eigenvalue weighted by atomic mass is 9.96. The Balaban J connectivity index is 0.000000198. The summed E-state index contributed by atoms with van der Waals surface area (Å²) in [5, 5.41) is 18.2. The lowest BCUT2D eigenvalue weighted by molar-refractivity contribution is 0.262. The van der Waals surface area contributed by atoms with Crippen LogP contribution in [0.1, 0.15) is 63.8 Å². The van der Waals surface area contributed by atoms with Crippen molar-refractivity contribution in [1.29, 1.82) is 0 Å². The maximum absolute atomic E-state index is 9.58. The van der Waals surface area contributed by atoms with Gasteiger partial charge in [-0.3, -0.25) is 0 Å². The van der Waals surface area contributed by atoms with Gasteiger partial charge in [0.25, 0.3) is 0 Å². The Labute approximate surface area is 420 Å². The van der Waals surface area contributed by atoms with Crippen molar-refractivity contribution < 1.29 is 10.2 Å². The molecule has 11 nitrogen and oxygen atoms in total. The Bertz CT molecular complexity index is 2300. The van der Waals surface area contributed by atoms with E-state index in [4.69, 9.17) is 34.0 Å². The summed E-state index contributed by atoms with van der Waals surface area (Å²) in [6, 6.07) is 41.8.